The van der Waals surface area contributed by atoms with Gasteiger partial charge in [0.1, 0.15) is 12.2 Å². The summed E-state index contributed by atoms with van der Waals surface area (Å²) in [4.78, 5) is 4.35. The Bertz CT molecular complexity index is 552. The van der Waals surface area contributed by atoms with Crippen LogP contribution in [0.15, 0.2) is 30.6 Å². The standard InChI is InChI=1S/C16H22N4/c1-12(2)14-5-3-13(4-6-14)10-20-16(18-11-19-20)9-17-15-7-8-15/h3-6,11-12,15,17H,7-10H2,1-2H3. The molecule has 1 aromatic carbocycles. The van der Waals surface area contributed by atoms with Crippen molar-refractivity contribution in [3.05, 3.63) is 47.5 Å². The van der Waals surface area contributed by atoms with Crippen molar-refractivity contribution in [3.63, 3.8) is 0 Å². The Morgan fingerprint density at radius 2 is 2.00 bits per heavy atom. The number of nitrogens with one attached hydrogen (secondary N) is 1. The third kappa shape index (κ3) is 3.25. The molecule has 4 heteroatoms. The van der Waals surface area contributed by atoms with Crippen LogP contribution in [0.5, 0.6) is 0 Å². The highest BCUT2D eigenvalue weighted by Gasteiger charge is 2.20. The van der Waals surface area contributed by atoms with E-state index in [4.69, 9.17) is 0 Å². The molecule has 0 saturated heterocycles. The van der Waals surface area contributed by atoms with Gasteiger partial charge in [-0.25, -0.2) is 9.67 Å². The highest BCUT2D eigenvalue weighted by atomic mass is 15.3. The molecule has 1 N–H and O–H groups in total. The van der Waals surface area contributed by atoms with Gasteiger partial charge in [0.05, 0.1) is 13.1 Å². The normalized spacial score (nSPS) is 14.9. The van der Waals surface area contributed by atoms with Crippen LogP contribution in [0.25, 0.3) is 0 Å². The Morgan fingerprint density at radius 3 is 2.65 bits per heavy atom. The number of hydrogen-bond acceptors (Lipinski definition) is 3. The topological polar surface area (TPSA) is 42.7 Å². The molecule has 1 fully saturated rings. The second-order valence-corrected chi connectivity index (χ2v) is 5.89. The van der Waals surface area contributed by atoms with Gasteiger partial charge < -0.3 is 5.32 Å². The molecule has 0 atom stereocenters. The van der Waals surface area contributed by atoms with Gasteiger partial charge in [0.15, 0.2) is 0 Å². The van der Waals surface area contributed by atoms with Crippen molar-refractivity contribution in [2.45, 2.75) is 51.7 Å². The second kappa shape index (κ2) is 5.75. The molecule has 0 aliphatic heterocycles. The summed E-state index contributed by atoms with van der Waals surface area (Å²) < 4.78 is 1.99. The predicted octanol–water partition coefficient (Wildman–Crippen LogP) is 2.70. The summed E-state index contributed by atoms with van der Waals surface area (Å²) in [6.07, 6.45) is 4.24. The lowest BCUT2D eigenvalue weighted by Gasteiger charge is -2.09. The summed E-state index contributed by atoms with van der Waals surface area (Å²) in [6, 6.07) is 9.49. The molecule has 0 bridgehead atoms. The average Bonchev–Trinajstić information content (AvgIpc) is 3.18. The number of rotatable bonds is 6. The lowest BCUT2D eigenvalue weighted by Crippen LogP contribution is -2.19. The second-order valence-electron chi connectivity index (χ2n) is 5.89. The first kappa shape index (κ1) is 13.3. The van der Waals surface area contributed by atoms with Crippen LogP contribution in [0.3, 0.4) is 0 Å². The molecule has 0 amide bonds. The van der Waals surface area contributed by atoms with Crippen molar-refractivity contribution in [2.75, 3.05) is 0 Å². The minimum atomic E-state index is 0.578. The van der Waals surface area contributed by atoms with Crippen LogP contribution in [0.1, 0.15) is 49.6 Å². The van der Waals surface area contributed by atoms with E-state index < -0.39 is 0 Å². The smallest absolute Gasteiger partial charge is 0.141 e. The van der Waals surface area contributed by atoms with Crippen molar-refractivity contribution in [3.8, 4) is 0 Å². The maximum Gasteiger partial charge on any atom is 0.141 e. The molecular weight excluding hydrogens is 248 g/mol. The van der Waals surface area contributed by atoms with Crippen LogP contribution in [0.4, 0.5) is 0 Å². The lowest BCUT2D eigenvalue weighted by atomic mass is 10.0. The van der Waals surface area contributed by atoms with Crippen molar-refractivity contribution in [1.82, 2.24) is 20.1 Å². The zero-order valence-electron chi connectivity index (χ0n) is 12.2. The third-order valence-electron chi connectivity index (χ3n) is 3.80. The van der Waals surface area contributed by atoms with Crippen LogP contribution in [-0.4, -0.2) is 20.8 Å². The zero-order valence-corrected chi connectivity index (χ0v) is 12.2. The maximum atomic E-state index is 4.35. The Morgan fingerprint density at radius 1 is 1.25 bits per heavy atom. The first-order valence-corrected chi connectivity index (χ1v) is 7.41. The fraction of sp³-hybridized carbons (Fsp3) is 0.500. The lowest BCUT2D eigenvalue weighted by molar-refractivity contribution is 0.583. The van der Waals surface area contributed by atoms with Crippen LogP contribution in [0.2, 0.25) is 0 Å². The van der Waals surface area contributed by atoms with Gasteiger partial charge in [0, 0.05) is 6.04 Å². The molecule has 20 heavy (non-hydrogen) atoms. The highest BCUT2D eigenvalue weighted by Crippen LogP contribution is 2.19. The van der Waals surface area contributed by atoms with E-state index in [2.05, 4.69) is 53.5 Å². The van der Waals surface area contributed by atoms with E-state index >= 15 is 0 Å². The fourth-order valence-electron chi connectivity index (χ4n) is 2.26. The quantitative estimate of drug-likeness (QED) is 0.877. The summed E-state index contributed by atoms with van der Waals surface area (Å²) in [7, 11) is 0. The monoisotopic (exact) mass is 270 g/mol. The summed E-state index contributed by atoms with van der Waals surface area (Å²) in [5.74, 6) is 1.60. The number of aromatic nitrogens is 3. The molecule has 1 heterocycles. The molecule has 1 aliphatic carbocycles. The summed E-state index contributed by atoms with van der Waals surface area (Å²) in [6.45, 7) is 6.04. The van der Waals surface area contributed by atoms with Gasteiger partial charge in [0.2, 0.25) is 0 Å². The average molecular weight is 270 g/mol. The SMILES string of the molecule is CC(C)c1ccc(Cn2ncnc2CNC2CC2)cc1. The van der Waals surface area contributed by atoms with E-state index in [1.807, 2.05) is 4.68 Å². The molecule has 1 aromatic heterocycles. The first-order chi connectivity index (χ1) is 9.72. The van der Waals surface area contributed by atoms with Crippen LogP contribution in [0, 0.1) is 0 Å². The van der Waals surface area contributed by atoms with E-state index in [1.54, 1.807) is 6.33 Å². The molecule has 4 nitrogen and oxygen atoms in total. The van der Waals surface area contributed by atoms with Gasteiger partial charge in [-0.1, -0.05) is 38.1 Å². The van der Waals surface area contributed by atoms with E-state index in [1.165, 1.54) is 24.0 Å². The molecule has 1 saturated carbocycles. The van der Waals surface area contributed by atoms with Gasteiger partial charge in [0.25, 0.3) is 0 Å². The van der Waals surface area contributed by atoms with Crippen LogP contribution < -0.4 is 5.32 Å². The molecule has 3 rings (SSSR count). The van der Waals surface area contributed by atoms with E-state index in [-0.39, 0.29) is 0 Å². The zero-order chi connectivity index (χ0) is 13.9. The van der Waals surface area contributed by atoms with Crippen molar-refractivity contribution in [2.24, 2.45) is 0 Å². The van der Waals surface area contributed by atoms with E-state index in [9.17, 15) is 0 Å². The molecule has 1 aliphatic rings. The fourth-order valence-corrected chi connectivity index (χ4v) is 2.26. The minimum Gasteiger partial charge on any atom is -0.307 e. The van der Waals surface area contributed by atoms with Crippen molar-refractivity contribution >= 4 is 0 Å². The Balaban J connectivity index is 1.65. The van der Waals surface area contributed by atoms with Gasteiger partial charge in [-0.05, 0) is 29.9 Å². The Hall–Kier alpha value is -1.68. The van der Waals surface area contributed by atoms with Crippen LogP contribution in [-0.2, 0) is 13.1 Å². The predicted molar refractivity (Wildman–Crippen MR) is 79.5 cm³/mol. The minimum absolute atomic E-state index is 0.578. The summed E-state index contributed by atoms with van der Waals surface area (Å²) >= 11 is 0. The Labute approximate surface area is 120 Å². The molecule has 2 aromatic rings. The largest absolute Gasteiger partial charge is 0.307 e. The molecule has 0 radical (unpaired) electrons. The van der Waals surface area contributed by atoms with E-state index in [0.717, 1.165) is 18.9 Å². The molecule has 0 spiro atoms. The number of benzene rings is 1. The number of hydrogen-bond donors (Lipinski definition) is 1. The first-order valence-electron chi connectivity index (χ1n) is 7.41. The number of nitrogens with zero attached hydrogens (tertiary/aromatic N) is 3. The van der Waals surface area contributed by atoms with Gasteiger partial charge in [-0.3, -0.25) is 0 Å². The van der Waals surface area contributed by atoms with Gasteiger partial charge in [-0.15, -0.1) is 0 Å². The maximum absolute atomic E-state index is 4.35. The molecule has 0 unspecified atom stereocenters. The highest BCUT2D eigenvalue weighted by molar-refractivity contribution is 5.24. The summed E-state index contributed by atoms with van der Waals surface area (Å²) in [5.41, 5.74) is 2.65. The van der Waals surface area contributed by atoms with Crippen LogP contribution >= 0.6 is 0 Å². The van der Waals surface area contributed by atoms with E-state index in [0.29, 0.717) is 12.0 Å². The third-order valence-corrected chi connectivity index (χ3v) is 3.80. The Kier molecular flexibility index (Phi) is 3.83. The summed E-state index contributed by atoms with van der Waals surface area (Å²) in [5, 5.41) is 7.82. The van der Waals surface area contributed by atoms with Crippen molar-refractivity contribution in [1.29, 1.82) is 0 Å². The van der Waals surface area contributed by atoms with Gasteiger partial charge >= 0.3 is 0 Å². The van der Waals surface area contributed by atoms with Gasteiger partial charge in [-0.2, -0.15) is 5.10 Å². The van der Waals surface area contributed by atoms with Crippen molar-refractivity contribution < 1.29 is 0 Å². The molecular formula is C16H22N4. The molecule has 106 valence electrons.